The number of H-pyrrole nitrogens is 1. The molecule has 3 rings (SSSR count). The average Bonchev–Trinajstić information content (AvgIpc) is 3.14. The van der Waals surface area contributed by atoms with E-state index < -0.39 is 30.5 Å². The van der Waals surface area contributed by atoms with Crippen LogP contribution in [-0.2, 0) is 25.5 Å². The van der Waals surface area contributed by atoms with E-state index in [2.05, 4.69) is 10.3 Å². The molecule has 3 N–H and O–H groups in total. The van der Waals surface area contributed by atoms with Gasteiger partial charge in [-0.2, -0.15) is 0 Å². The van der Waals surface area contributed by atoms with E-state index >= 15 is 0 Å². The summed E-state index contributed by atoms with van der Waals surface area (Å²) in [6, 6.07) is 11.1. The second-order valence-corrected chi connectivity index (χ2v) is 6.80. The molecule has 0 aliphatic rings. The van der Waals surface area contributed by atoms with Gasteiger partial charge in [0.2, 0.25) is 0 Å². The van der Waals surface area contributed by atoms with Crippen LogP contribution < -0.4 is 5.32 Å². The molecule has 0 spiro atoms. The van der Waals surface area contributed by atoms with Crippen molar-refractivity contribution in [2.24, 2.45) is 0 Å². The van der Waals surface area contributed by atoms with E-state index in [4.69, 9.17) is 9.47 Å². The fourth-order valence-corrected chi connectivity index (χ4v) is 3.12. The Bertz CT molecular complexity index is 1090. The number of para-hydroxylation sites is 1. The lowest BCUT2D eigenvalue weighted by Gasteiger charge is -2.16. The molecule has 0 saturated carbocycles. The van der Waals surface area contributed by atoms with Crippen molar-refractivity contribution in [1.29, 1.82) is 0 Å². The van der Waals surface area contributed by atoms with E-state index in [-0.39, 0.29) is 17.7 Å². The molecule has 0 bridgehead atoms. The second-order valence-electron chi connectivity index (χ2n) is 6.80. The lowest BCUT2D eigenvalue weighted by atomic mass is 10.0. The highest BCUT2D eigenvalue weighted by molar-refractivity contribution is 5.94. The fourth-order valence-electron chi connectivity index (χ4n) is 3.12. The van der Waals surface area contributed by atoms with E-state index in [1.165, 1.54) is 19.2 Å². The SMILES string of the molecule is COC(=O)[C@@H](Cc1c[nH]c2ccccc12)NC(=O)COC(=O)c1ccc(C)cc1O. The normalized spacial score (nSPS) is 11.7. The number of rotatable bonds is 7. The molecule has 30 heavy (non-hydrogen) atoms. The number of benzene rings is 2. The minimum Gasteiger partial charge on any atom is -0.507 e. The number of phenols is 1. The van der Waals surface area contributed by atoms with Crippen molar-refractivity contribution < 1.29 is 29.0 Å². The van der Waals surface area contributed by atoms with Crippen molar-refractivity contribution >= 4 is 28.7 Å². The van der Waals surface area contributed by atoms with Gasteiger partial charge in [-0.25, -0.2) is 9.59 Å². The molecule has 3 aromatic rings. The van der Waals surface area contributed by atoms with Gasteiger partial charge in [-0.05, 0) is 36.2 Å². The Kier molecular flexibility index (Phi) is 6.36. The van der Waals surface area contributed by atoms with Gasteiger partial charge in [-0.15, -0.1) is 0 Å². The van der Waals surface area contributed by atoms with Crippen LogP contribution in [0.1, 0.15) is 21.5 Å². The van der Waals surface area contributed by atoms with Crippen molar-refractivity contribution in [3.05, 3.63) is 65.4 Å². The zero-order valence-electron chi connectivity index (χ0n) is 16.6. The zero-order valence-corrected chi connectivity index (χ0v) is 16.6. The van der Waals surface area contributed by atoms with Gasteiger partial charge in [-0.3, -0.25) is 4.79 Å². The number of fused-ring (bicyclic) bond motifs is 1. The Morgan fingerprint density at radius 2 is 1.93 bits per heavy atom. The predicted octanol–water partition coefficient (Wildman–Crippen LogP) is 2.24. The van der Waals surface area contributed by atoms with Gasteiger partial charge in [0.05, 0.1) is 7.11 Å². The number of esters is 2. The molecule has 0 saturated heterocycles. The maximum Gasteiger partial charge on any atom is 0.342 e. The third kappa shape index (κ3) is 4.78. The number of nitrogens with one attached hydrogen (secondary N) is 2. The van der Waals surface area contributed by atoms with Crippen molar-refractivity contribution in [2.45, 2.75) is 19.4 Å². The maximum atomic E-state index is 12.3. The molecule has 0 radical (unpaired) electrons. The average molecular weight is 410 g/mol. The number of amides is 1. The largest absolute Gasteiger partial charge is 0.507 e. The number of carbonyl (C=O) groups is 3. The van der Waals surface area contributed by atoms with Gasteiger partial charge < -0.3 is 24.9 Å². The Labute approximate surface area is 172 Å². The quantitative estimate of drug-likeness (QED) is 0.514. The Morgan fingerprint density at radius 3 is 2.67 bits per heavy atom. The minimum absolute atomic E-state index is 0.0447. The second kappa shape index (κ2) is 9.13. The molecule has 8 nitrogen and oxygen atoms in total. The van der Waals surface area contributed by atoms with Gasteiger partial charge in [0.25, 0.3) is 5.91 Å². The maximum absolute atomic E-state index is 12.3. The molecule has 156 valence electrons. The Balaban J connectivity index is 1.64. The number of methoxy groups -OCH3 is 1. The Hall–Kier alpha value is -3.81. The van der Waals surface area contributed by atoms with Gasteiger partial charge in [0.1, 0.15) is 17.4 Å². The number of phenolic OH excluding ortho intramolecular Hbond substituents is 1. The van der Waals surface area contributed by atoms with Gasteiger partial charge in [-0.1, -0.05) is 24.3 Å². The summed E-state index contributed by atoms with van der Waals surface area (Å²) < 4.78 is 9.75. The number of aromatic amines is 1. The molecular weight excluding hydrogens is 388 g/mol. The smallest absolute Gasteiger partial charge is 0.342 e. The minimum atomic E-state index is -0.951. The first kappa shape index (κ1) is 20.9. The molecule has 1 heterocycles. The van der Waals surface area contributed by atoms with Gasteiger partial charge in [0.15, 0.2) is 6.61 Å². The third-order valence-corrected chi connectivity index (χ3v) is 4.63. The highest BCUT2D eigenvalue weighted by atomic mass is 16.5. The number of ether oxygens (including phenoxy) is 2. The molecule has 0 fully saturated rings. The van der Waals surface area contributed by atoms with E-state index in [0.29, 0.717) is 0 Å². The van der Waals surface area contributed by atoms with Crippen LogP contribution in [0.25, 0.3) is 10.9 Å². The first-order chi connectivity index (χ1) is 14.4. The summed E-state index contributed by atoms with van der Waals surface area (Å²) in [6.45, 7) is 1.16. The van der Waals surface area contributed by atoms with Crippen LogP contribution in [0, 0.1) is 6.92 Å². The molecular formula is C22H22N2O6. The highest BCUT2D eigenvalue weighted by Crippen LogP contribution is 2.20. The van der Waals surface area contributed by atoms with Gasteiger partial charge in [0, 0.05) is 23.5 Å². The summed E-state index contributed by atoms with van der Waals surface area (Å²) in [5.41, 5.74) is 2.48. The van der Waals surface area contributed by atoms with E-state index in [9.17, 15) is 19.5 Å². The molecule has 0 aliphatic heterocycles. The molecule has 1 amide bonds. The highest BCUT2D eigenvalue weighted by Gasteiger charge is 2.24. The topological polar surface area (TPSA) is 118 Å². The summed E-state index contributed by atoms with van der Waals surface area (Å²) in [4.78, 5) is 39.6. The first-order valence-corrected chi connectivity index (χ1v) is 9.28. The van der Waals surface area contributed by atoms with Crippen LogP contribution in [-0.4, -0.2) is 47.7 Å². The molecule has 0 aliphatic carbocycles. The first-order valence-electron chi connectivity index (χ1n) is 9.28. The van der Waals surface area contributed by atoms with E-state index in [1.807, 2.05) is 24.3 Å². The van der Waals surface area contributed by atoms with Crippen LogP contribution in [0.15, 0.2) is 48.7 Å². The third-order valence-electron chi connectivity index (χ3n) is 4.63. The monoisotopic (exact) mass is 410 g/mol. The standard InChI is InChI=1S/C22H22N2O6/c1-13-7-8-16(19(25)9-13)21(27)30-12-20(26)24-18(22(28)29-2)10-14-11-23-17-6-4-3-5-15(14)17/h3-9,11,18,23,25H,10,12H2,1-2H3,(H,24,26)/t18-/m1/s1. The number of aromatic nitrogens is 1. The summed E-state index contributed by atoms with van der Waals surface area (Å²) in [5, 5.41) is 13.3. The van der Waals surface area contributed by atoms with Crippen molar-refractivity contribution in [2.75, 3.05) is 13.7 Å². The lowest BCUT2D eigenvalue weighted by Crippen LogP contribution is -2.44. The molecule has 0 unspecified atom stereocenters. The Morgan fingerprint density at radius 1 is 1.17 bits per heavy atom. The summed E-state index contributed by atoms with van der Waals surface area (Å²) in [6.07, 6.45) is 1.97. The summed E-state index contributed by atoms with van der Waals surface area (Å²) in [7, 11) is 1.23. The summed E-state index contributed by atoms with van der Waals surface area (Å²) >= 11 is 0. The zero-order chi connectivity index (χ0) is 21.7. The van der Waals surface area contributed by atoms with Crippen LogP contribution in [0.4, 0.5) is 0 Å². The van der Waals surface area contributed by atoms with Crippen LogP contribution in [0.5, 0.6) is 5.75 Å². The predicted molar refractivity (Wildman–Crippen MR) is 109 cm³/mol. The fraction of sp³-hybridized carbons (Fsp3) is 0.227. The van der Waals surface area contributed by atoms with Crippen molar-refractivity contribution in [3.63, 3.8) is 0 Å². The van der Waals surface area contributed by atoms with Crippen molar-refractivity contribution in [3.8, 4) is 5.75 Å². The molecule has 1 atom stereocenters. The molecule has 1 aromatic heterocycles. The molecule has 2 aromatic carbocycles. The number of carbonyl (C=O) groups excluding carboxylic acids is 3. The number of hydrogen-bond acceptors (Lipinski definition) is 6. The van der Waals surface area contributed by atoms with Crippen LogP contribution in [0.3, 0.4) is 0 Å². The van der Waals surface area contributed by atoms with Crippen LogP contribution in [0.2, 0.25) is 0 Å². The van der Waals surface area contributed by atoms with E-state index in [1.54, 1.807) is 19.2 Å². The molecule has 8 heteroatoms. The van der Waals surface area contributed by atoms with Gasteiger partial charge >= 0.3 is 11.9 Å². The number of hydrogen-bond donors (Lipinski definition) is 3. The number of aromatic hydroxyl groups is 1. The number of aryl methyl sites for hydroxylation is 1. The van der Waals surface area contributed by atoms with Crippen LogP contribution >= 0.6 is 0 Å². The summed E-state index contributed by atoms with van der Waals surface area (Å²) in [5.74, 6) is -2.34. The van der Waals surface area contributed by atoms with Crippen molar-refractivity contribution in [1.82, 2.24) is 10.3 Å². The lowest BCUT2D eigenvalue weighted by molar-refractivity contribution is -0.145. The van der Waals surface area contributed by atoms with E-state index in [0.717, 1.165) is 22.0 Å².